The number of hydrogen-bond donors (Lipinski definition) is 1. The first-order valence-electron chi connectivity index (χ1n) is 8.43. The maximum Gasteiger partial charge on any atom is 0.261 e. The highest BCUT2D eigenvalue weighted by molar-refractivity contribution is 7.92. The Hall–Kier alpha value is -2.86. The zero-order valence-electron chi connectivity index (χ0n) is 15.4. The van der Waals surface area contributed by atoms with Crippen molar-refractivity contribution in [1.82, 2.24) is 0 Å². The van der Waals surface area contributed by atoms with Crippen LogP contribution in [0.1, 0.15) is 5.56 Å². The van der Waals surface area contributed by atoms with E-state index in [2.05, 4.69) is 4.72 Å². The Morgan fingerprint density at radius 3 is 2.26 bits per heavy atom. The third-order valence-electron chi connectivity index (χ3n) is 4.28. The molecule has 3 aromatic rings. The fourth-order valence-corrected chi connectivity index (χ4v) is 3.93. The summed E-state index contributed by atoms with van der Waals surface area (Å²) in [5, 5.41) is 0. The lowest BCUT2D eigenvalue weighted by atomic mass is 10.0. The van der Waals surface area contributed by atoms with Gasteiger partial charge in [-0.05, 0) is 72.1 Å². The first kappa shape index (κ1) is 18.9. The maximum absolute atomic E-state index is 13.3. The predicted molar refractivity (Wildman–Crippen MR) is 108 cm³/mol. The summed E-state index contributed by atoms with van der Waals surface area (Å²) < 4.78 is 41.5. The van der Waals surface area contributed by atoms with Crippen molar-refractivity contribution in [3.05, 3.63) is 78.1 Å². The van der Waals surface area contributed by atoms with E-state index in [1.165, 1.54) is 12.1 Å². The molecule has 1 N–H and O–H groups in total. The molecule has 0 aromatic heterocycles. The quantitative estimate of drug-likeness (QED) is 0.696. The van der Waals surface area contributed by atoms with Crippen molar-refractivity contribution in [2.75, 3.05) is 23.7 Å². The summed E-state index contributed by atoms with van der Waals surface area (Å²) in [7, 11) is 0.102. The van der Waals surface area contributed by atoms with Crippen molar-refractivity contribution < 1.29 is 12.8 Å². The van der Waals surface area contributed by atoms with Crippen molar-refractivity contribution in [3.63, 3.8) is 0 Å². The molecule has 3 aromatic carbocycles. The van der Waals surface area contributed by atoms with Gasteiger partial charge in [0.2, 0.25) is 0 Å². The molecule has 0 fully saturated rings. The van der Waals surface area contributed by atoms with E-state index in [-0.39, 0.29) is 10.7 Å². The Kier molecular flexibility index (Phi) is 5.19. The van der Waals surface area contributed by atoms with Gasteiger partial charge in [-0.15, -0.1) is 0 Å². The first-order valence-corrected chi connectivity index (χ1v) is 9.91. The largest absolute Gasteiger partial charge is 0.378 e. The fourth-order valence-electron chi connectivity index (χ4n) is 2.82. The number of hydrogen-bond acceptors (Lipinski definition) is 3. The zero-order chi connectivity index (χ0) is 19.6. The van der Waals surface area contributed by atoms with Crippen LogP contribution in [0.25, 0.3) is 11.1 Å². The summed E-state index contributed by atoms with van der Waals surface area (Å²) in [4.78, 5) is 2.09. The molecule has 0 spiro atoms. The minimum absolute atomic E-state index is 0.153. The lowest BCUT2D eigenvalue weighted by Gasteiger charge is -2.14. The van der Waals surface area contributed by atoms with Gasteiger partial charge in [0.25, 0.3) is 10.0 Å². The van der Waals surface area contributed by atoms with Crippen LogP contribution in [0.2, 0.25) is 0 Å². The van der Waals surface area contributed by atoms with E-state index >= 15 is 0 Å². The Morgan fingerprint density at radius 1 is 0.926 bits per heavy atom. The molecule has 0 saturated heterocycles. The lowest BCUT2D eigenvalue weighted by molar-refractivity contribution is 0.601. The number of anilines is 2. The fraction of sp³-hybridized carbons (Fsp3) is 0.143. The van der Waals surface area contributed by atoms with Crippen LogP contribution in [-0.2, 0) is 10.0 Å². The van der Waals surface area contributed by atoms with Gasteiger partial charge in [0.05, 0.1) is 4.90 Å². The number of nitrogens with zero attached hydrogens (tertiary/aromatic N) is 1. The van der Waals surface area contributed by atoms with Crippen LogP contribution >= 0.6 is 0 Å². The van der Waals surface area contributed by atoms with Gasteiger partial charge in [0, 0.05) is 25.5 Å². The number of sulfonamides is 1. The highest BCUT2D eigenvalue weighted by Crippen LogP contribution is 2.27. The number of rotatable bonds is 5. The van der Waals surface area contributed by atoms with Gasteiger partial charge in [-0.2, -0.15) is 0 Å². The van der Waals surface area contributed by atoms with Gasteiger partial charge in [-0.1, -0.05) is 18.2 Å². The summed E-state index contributed by atoms with van der Waals surface area (Å²) in [5.41, 5.74) is 3.73. The Bertz CT molecular complexity index is 1060. The molecule has 0 heterocycles. The minimum Gasteiger partial charge on any atom is -0.378 e. The van der Waals surface area contributed by atoms with Gasteiger partial charge in [-0.25, -0.2) is 12.8 Å². The molecule has 0 radical (unpaired) electrons. The van der Waals surface area contributed by atoms with Crippen molar-refractivity contribution >= 4 is 21.4 Å². The van der Waals surface area contributed by atoms with Crippen molar-refractivity contribution in [3.8, 4) is 11.1 Å². The molecule has 0 aliphatic rings. The van der Waals surface area contributed by atoms with Crippen molar-refractivity contribution in [2.24, 2.45) is 0 Å². The van der Waals surface area contributed by atoms with E-state index in [0.717, 1.165) is 22.4 Å². The lowest BCUT2D eigenvalue weighted by Crippen LogP contribution is -2.13. The van der Waals surface area contributed by atoms with E-state index in [1.54, 1.807) is 43.3 Å². The van der Waals surface area contributed by atoms with Crippen molar-refractivity contribution in [2.45, 2.75) is 11.8 Å². The number of halogens is 1. The Morgan fingerprint density at radius 2 is 1.63 bits per heavy atom. The van der Waals surface area contributed by atoms with Crippen LogP contribution in [-0.4, -0.2) is 22.5 Å². The van der Waals surface area contributed by atoms with Crippen LogP contribution in [0.3, 0.4) is 0 Å². The molecular formula is C21H21FN2O2S. The van der Waals surface area contributed by atoms with Crippen LogP contribution in [0.15, 0.2) is 71.6 Å². The molecule has 0 amide bonds. The standard InChI is InChI=1S/C21H21FN2O2S/c1-15-13-17(22)7-12-21(15)16-5-4-6-20(14-16)27(25,26)23-18-8-10-19(11-9-18)24(2)3/h4-14,23H,1-3H3. The molecule has 0 aliphatic heterocycles. The van der Waals surface area contributed by atoms with Crippen LogP contribution < -0.4 is 9.62 Å². The summed E-state index contributed by atoms with van der Waals surface area (Å²) in [5.74, 6) is -0.317. The summed E-state index contributed by atoms with van der Waals surface area (Å²) in [6, 6.07) is 18.2. The predicted octanol–water partition coefficient (Wildman–Crippen LogP) is 4.67. The molecule has 6 heteroatoms. The van der Waals surface area contributed by atoms with Crippen LogP contribution in [0.5, 0.6) is 0 Å². The molecule has 4 nitrogen and oxygen atoms in total. The SMILES string of the molecule is Cc1cc(F)ccc1-c1cccc(S(=O)(=O)Nc2ccc(N(C)C)cc2)c1. The second-order valence-electron chi connectivity index (χ2n) is 6.53. The van der Waals surface area contributed by atoms with Crippen LogP contribution in [0.4, 0.5) is 15.8 Å². The van der Waals surface area contributed by atoms with E-state index in [4.69, 9.17) is 0 Å². The maximum atomic E-state index is 13.3. The second kappa shape index (κ2) is 7.40. The molecular weight excluding hydrogens is 363 g/mol. The van der Waals surface area contributed by atoms with E-state index in [0.29, 0.717) is 5.69 Å². The monoisotopic (exact) mass is 384 g/mol. The molecule has 27 heavy (non-hydrogen) atoms. The molecule has 140 valence electrons. The Labute approximate surface area is 159 Å². The van der Waals surface area contributed by atoms with E-state index in [1.807, 2.05) is 37.2 Å². The molecule has 0 aliphatic carbocycles. The Balaban J connectivity index is 1.91. The van der Waals surface area contributed by atoms with Gasteiger partial charge in [0.1, 0.15) is 5.82 Å². The topological polar surface area (TPSA) is 49.4 Å². The summed E-state index contributed by atoms with van der Waals surface area (Å²) >= 11 is 0. The van der Waals surface area contributed by atoms with Crippen LogP contribution in [0, 0.1) is 12.7 Å². The third-order valence-corrected chi connectivity index (χ3v) is 5.66. The summed E-state index contributed by atoms with van der Waals surface area (Å²) in [6.45, 7) is 1.80. The minimum atomic E-state index is -3.74. The van der Waals surface area contributed by atoms with Crippen molar-refractivity contribution in [1.29, 1.82) is 0 Å². The number of benzene rings is 3. The number of nitrogens with one attached hydrogen (secondary N) is 1. The van der Waals surface area contributed by atoms with Gasteiger partial charge < -0.3 is 4.90 Å². The molecule has 0 saturated carbocycles. The number of aryl methyl sites for hydroxylation is 1. The highest BCUT2D eigenvalue weighted by atomic mass is 32.2. The molecule has 0 atom stereocenters. The smallest absolute Gasteiger partial charge is 0.261 e. The normalized spacial score (nSPS) is 11.3. The summed E-state index contributed by atoms with van der Waals surface area (Å²) in [6.07, 6.45) is 0. The van der Waals surface area contributed by atoms with Gasteiger partial charge in [0.15, 0.2) is 0 Å². The van der Waals surface area contributed by atoms with E-state index in [9.17, 15) is 12.8 Å². The molecule has 0 unspecified atom stereocenters. The third kappa shape index (κ3) is 4.28. The zero-order valence-corrected chi connectivity index (χ0v) is 16.2. The molecule has 3 rings (SSSR count). The first-order chi connectivity index (χ1) is 12.8. The second-order valence-corrected chi connectivity index (χ2v) is 8.22. The average Bonchev–Trinajstić information content (AvgIpc) is 2.62. The van der Waals surface area contributed by atoms with Gasteiger partial charge >= 0.3 is 0 Å². The average molecular weight is 384 g/mol. The molecule has 0 bridgehead atoms. The van der Waals surface area contributed by atoms with E-state index < -0.39 is 10.0 Å². The highest BCUT2D eigenvalue weighted by Gasteiger charge is 2.16. The van der Waals surface area contributed by atoms with Gasteiger partial charge in [-0.3, -0.25) is 4.72 Å².